The van der Waals surface area contributed by atoms with Crippen LogP contribution in [-0.2, 0) is 11.2 Å². The number of carbonyl (C=O) groups is 1. The predicted molar refractivity (Wildman–Crippen MR) is 110 cm³/mol. The van der Waals surface area contributed by atoms with Crippen molar-refractivity contribution in [3.63, 3.8) is 0 Å². The lowest BCUT2D eigenvalue weighted by atomic mass is 10.1. The molecule has 0 saturated heterocycles. The van der Waals surface area contributed by atoms with Gasteiger partial charge in [0, 0.05) is 10.9 Å². The highest BCUT2D eigenvalue weighted by Crippen LogP contribution is 2.25. The molecular weight excluding hydrogens is 354 g/mol. The molecule has 1 aromatic heterocycles. The van der Waals surface area contributed by atoms with Gasteiger partial charge >= 0.3 is 0 Å². The number of aryl methyl sites for hydroxylation is 2. The van der Waals surface area contributed by atoms with E-state index in [1.54, 1.807) is 6.08 Å². The number of aromatic nitrogens is 1. The molecule has 0 aliphatic heterocycles. The second kappa shape index (κ2) is 8.43. The van der Waals surface area contributed by atoms with E-state index in [-0.39, 0.29) is 5.57 Å². The molecule has 0 atom stereocenters. The van der Waals surface area contributed by atoms with Crippen molar-refractivity contribution in [2.75, 3.05) is 5.32 Å². The van der Waals surface area contributed by atoms with Gasteiger partial charge in [-0.3, -0.25) is 10.1 Å². The van der Waals surface area contributed by atoms with E-state index in [1.165, 1.54) is 16.9 Å². The summed E-state index contributed by atoms with van der Waals surface area (Å²) >= 11 is 1.34. The molecule has 0 aliphatic carbocycles. The lowest BCUT2D eigenvalue weighted by Gasteiger charge is -2.01. The summed E-state index contributed by atoms with van der Waals surface area (Å²) in [6.07, 6.45) is 2.57. The van der Waals surface area contributed by atoms with Gasteiger partial charge in [0.25, 0.3) is 5.91 Å². The summed E-state index contributed by atoms with van der Waals surface area (Å²) in [5.74, 6) is -0.458. The average molecular weight is 373 g/mol. The Kier molecular flexibility index (Phi) is 5.80. The molecule has 0 fully saturated rings. The standard InChI is InChI=1S/C22H19N3OS/c1-3-16-8-10-18(11-9-16)20-14-27-22(24-20)25-21(26)19(13-23)12-17-6-4-15(2)5-7-17/h4-12,14H,3H2,1-2H3,(H,24,25,26)/b19-12-. The molecule has 1 N–H and O–H groups in total. The maximum atomic E-state index is 12.4. The van der Waals surface area contributed by atoms with E-state index >= 15 is 0 Å². The van der Waals surface area contributed by atoms with Crippen molar-refractivity contribution in [3.8, 4) is 17.3 Å². The highest BCUT2D eigenvalue weighted by atomic mass is 32.1. The molecule has 0 aliphatic rings. The highest BCUT2D eigenvalue weighted by Gasteiger charge is 2.12. The molecule has 1 amide bonds. The van der Waals surface area contributed by atoms with Crippen molar-refractivity contribution >= 4 is 28.5 Å². The van der Waals surface area contributed by atoms with Gasteiger partial charge in [0.05, 0.1) is 5.69 Å². The van der Waals surface area contributed by atoms with Gasteiger partial charge in [-0.1, -0.05) is 61.0 Å². The first-order valence-electron chi connectivity index (χ1n) is 8.63. The molecule has 134 valence electrons. The van der Waals surface area contributed by atoms with Crippen LogP contribution in [0.3, 0.4) is 0 Å². The minimum Gasteiger partial charge on any atom is -0.297 e. The molecule has 0 spiro atoms. The van der Waals surface area contributed by atoms with E-state index in [2.05, 4.69) is 29.4 Å². The van der Waals surface area contributed by atoms with Crippen molar-refractivity contribution in [2.45, 2.75) is 20.3 Å². The van der Waals surface area contributed by atoms with Gasteiger partial charge in [0.2, 0.25) is 0 Å². The minimum absolute atomic E-state index is 0.0444. The van der Waals surface area contributed by atoms with Crippen LogP contribution in [0.1, 0.15) is 23.6 Å². The van der Waals surface area contributed by atoms with Gasteiger partial charge in [-0.05, 0) is 30.5 Å². The Balaban J connectivity index is 1.74. The fourth-order valence-corrected chi connectivity index (χ4v) is 3.23. The van der Waals surface area contributed by atoms with Crippen molar-refractivity contribution in [3.05, 3.63) is 76.2 Å². The number of hydrogen-bond donors (Lipinski definition) is 1. The molecule has 0 saturated carbocycles. The Hall–Kier alpha value is -3.23. The third-order valence-electron chi connectivity index (χ3n) is 4.14. The zero-order valence-electron chi connectivity index (χ0n) is 15.2. The van der Waals surface area contributed by atoms with Gasteiger partial charge in [0.15, 0.2) is 5.13 Å². The zero-order valence-corrected chi connectivity index (χ0v) is 16.0. The third-order valence-corrected chi connectivity index (χ3v) is 4.89. The summed E-state index contributed by atoms with van der Waals surface area (Å²) in [6.45, 7) is 4.10. The Labute approximate surface area is 162 Å². The van der Waals surface area contributed by atoms with Gasteiger partial charge < -0.3 is 0 Å². The van der Waals surface area contributed by atoms with E-state index in [4.69, 9.17) is 0 Å². The monoisotopic (exact) mass is 373 g/mol. The maximum Gasteiger partial charge on any atom is 0.268 e. The van der Waals surface area contributed by atoms with Crippen LogP contribution in [0.15, 0.2) is 59.5 Å². The first kappa shape index (κ1) is 18.6. The number of hydrogen-bond acceptors (Lipinski definition) is 4. The van der Waals surface area contributed by atoms with E-state index < -0.39 is 5.91 Å². The van der Waals surface area contributed by atoms with Gasteiger partial charge in [-0.2, -0.15) is 5.26 Å². The number of benzene rings is 2. The maximum absolute atomic E-state index is 12.4. The van der Waals surface area contributed by atoms with Crippen LogP contribution in [0.2, 0.25) is 0 Å². The number of carbonyl (C=O) groups excluding carboxylic acids is 1. The molecule has 3 rings (SSSR count). The van der Waals surface area contributed by atoms with Crippen molar-refractivity contribution in [1.29, 1.82) is 5.26 Å². The number of rotatable bonds is 5. The number of thiazole rings is 1. The van der Waals surface area contributed by atoms with Crippen LogP contribution in [-0.4, -0.2) is 10.9 Å². The fourth-order valence-electron chi connectivity index (χ4n) is 2.52. The fraction of sp³-hybridized carbons (Fsp3) is 0.136. The quantitative estimate of drug-likeness (QED) is 0.492. The molecule has 3 aromatic rings. The van der Waals surface area contributed by atoms with Crippen molar-refractivity contribution in [1.82, 2.24) is 4.98 Å². The second-order valence-corrected chi connectivity index (χ2v) is 6.98. The molecule has 4 nitrogen and oxygen atoms in total. The summed E-state index contributed by atoms with van der Waals surface area (Å²) in [5, 5.41) is 14.4. The number of amides is 1. The summed E-state index contributed by atoms with van der Waals surface area (Å²) < 4.78 is 0. The summed E-state index contributed by atoms with van der Waals surface area (Å²) in [7, 11) is 0. The van der Waals surface area contributed by atoms with Crippen molar-refractivity contribution in [2.24, 2.45) is 0 Å². The van der Waals surface area contributed by atoms with Crippen LogP contribution in [0.25, 0.3) is 17.3 Å². The minimum atomic E-state index is -0.458. The average Bonchev–Trinajstić information content (AvgIpc) is 3.16. The number of nitrogens with zero attached hydrogens (tertiary/aromatic N) is 2. The van der Waals surface area contributed by atoms with Crippen LogP contribution < -0.4 is 5.32 Å². The lowest BCUT2D eigenvalue weighted by molar-refractivity contribution is -0.112. The van der Waals surface area contributed by atoms with Crippen LogP contribution in [0.4, 0.5) is 5.13 Å². The lowest BCUT2D eigenvalue weighted by Crippen LogP contribution is -2.13. The topological polar surface area (TPSA) is 65.8 Å². The van der Waals surface area contributed by atoms with Crippen LogP contribution >= 0.6 is 11.3 Å². The molecule has 27 heavy (non-hydrogen) atoms. The molecule has 5 heteroatoms. The molecule has 0 radical (unpaired) electrons. The van der Waals surface area contributed by atoms with Gasteiger partial charge in [-0.25, -0.2) is 4.98 Å². The zero-order chi connectivity index (χ0) is 19.2. The number of nitrogens with one attached hydrogen (secondary N) is 1. The van der Waals surface area contributed by atoms with E-state index in [0.29, 0.717) is 5.13 Å². The van der Waals surface area contributed by atoms with Crippen LogP contribution in [0, 0.1) is 18.3 Å². The molecule has 1 heterocycles. The van der Waals surface area contributed by atoms with Gasteiger partial charge in [0.1, 0.15) is 11.6 Å². The molecule has 2 aromatic carbocycles. The van der Waals surface area contributed by atoms with Crippen LogP contribution in [0.5, 0.6) is 0 Å². The normalized spacial score (nSPS) is 11.1. The molecular formula is C22H19N3OS. The molecule has 0 bridgehead atoms. The largest absolute Gasteiger partial charge is 0.297 e. The molecule has 0 unspecified atom stereocenters. The summed E-state index contributed by atoms with van der Waals surface area (Å²) in [6, 6.07) is 17.8. The van der Waals surface area contributed by atoms with E-state index in [9.17, 15) is 10.1 Å². The highest BCUT2D eigenvalue weighted by molar-refractivity contribution is 7.14. The van der Waals surface area contributed by atoms with Crippen molar-refractivity contribution < 1.29 is 4.79 Å². The predicted octanol–water partition coefficient (Wildman–Crippen LogP) is 5.23. The SMILES string of the molecule is CCc1ccc(-c2csc(NC(=O)/C(C#N)=C\c3ccc(C)cc3)n2)cc1. The first-order valence-corrected chi connectivity index (χ1v) is 9.51. The second-order valence-electron chi connectivity index (χ2n) is 6.12. The summed E-state index contributed by atoms with van der Waals surface area (Å²) in [5.41, 5.74) is 5.05. The van der Waals surface area contributed by atoms with E-state index in [1.807, 2.05) is 54.8 Å². The number of anilines is 1. The Morgan fingerprint density at radius 1 is 1.19 bits per heavy atom. The Bertz CT molecular complexity index is 1010. The Morgan fingerprint density at radius 2 is 1.89 bits per heavy atom. The first-order chi connectivity index (χ1) is 13.1. The number of nitriles is 1. The summed E-state index contributed by atoms with van der Waals surface area (Å²) in [4.78, 5) is 16.9. The Morgan fingerprint density at radius 3 is 2.52 bits per heavy atom. The smallest absolute Gasteiger partial charge is 0.268 e. The van der Waals surface area contributed by atoms with Gasteiger partial charge in [-0.15, -0.1) is 11.3 Å². The third kappa shape index (κ3) is 4.69. The van der Waals surface area contributed by atoms with E-state index in [0.717, 1.165) is 28.8 Å².